The average Bonchev–Trinajstić information content (AvgIpc) is 2.37. The summed E-state index contributed by atoms with van der Waals surface area (Å²) in [6, 6.07) is 14.6. The molecule has 0 aliphatic carbocycles. The predicted octanol–water partition coefficient (Wildman–Crippen LogP) is 5.11. The number of benzene rings is 2. The SMILES string of the molecule is Cc1cc2cc(Br)ccc2nc1-c1cccc(F)c1. The Morgan fingerprint density at radius 2 is 1.89 bits per heavy atom. The molecule has 0 N–H and O–H groups in total. The summed E-state index contributed by atoms with van der Waals surface area (Å²) in [4.78, 5) is 4.64. The molecule has 0 fully saturated rings. The van der Waals surface area contributed by atoms with Gasteiger partial charge in [0.1, 0.15) is 5.82 Å². The summed E-state index contributed by atoms with van der Waals surface area (Å²) in [5.41, 5.74) is 3.58. The van der Waals surface area contributed by atoms with Gasteiger partial charge in [0.25, 0.3) is 0 Å². The molecular formula is C16H11BrFN. The Hall–Kier alpha value is -1.74. The van der Waals surface area contributed by atoms with Crippen molar-refractivity contribution in [3.8, 4) is 11.3 Å². The zero-order valence-electron chi connectivity index (χ0n) is 10.3. The van der Waals surface area contributed by atoms with Crippen molar-refractivity contribution in [3.63, 3.8) is 0 Å². The van der Waals surface area contributed by atoms with Crippen molar-refractivity contribution in [2.45, 2.75) is 6.92 Å². The molecule has 0 bridgehead atoms. The second-order valence-corrected chi connectivity index (χ2v) is 5.42. The number of aromatic nitrogens is 1. The molecule has 3 heteroatoms. The standard InChI is InChI=1S/C16H11BrFN/c1-10-7-12-8-13(17)5-6-15(12)19-16(10)11-3-2-4-14(18)9-11/h2-9H,1H3. The molecule has 0 saturated heterocycles. The second-order valence-electron chi connectivity index (χ2n) is 4.50. The number of halogens is 2. The highest BCUT2D eigenvalue weighted by molar-refractivity contribution is 9.10. The summed E-state index contributed by atoms with van der Waals surface area (Å²) in [6.07, 6.45) is 0. The maximum Gasteiger partial charge on any atom is 0.123 e. The molecule has 0 spiro atoms. The summed E-state index contributed by atoms with van der Waals surface area (Å²) in [5.74, 6) is -0.241. The average molecular weight is 316 g/mol. The van der Waals surface area contributed by atoms with E-state index in [4.69, 9.17) is 0 Å². The topological polar surface area (TPSA) is 12.9 Å². The molecule has 0 atom stereocenters. The van der Waals surface area contributed by atoms with E-state index in [-0.39, 0.29) is 5.82 Å². The van der Waals surface area contributed by atoms with Gasteiger partial charge in [-0.3, -0.25) is 0 Å². The van der Waals surface area contributed by atoms with Gasteiger partial charge in [0.15, 0.2) is 0 Å². The van der Waals surface area contributed by atoms with Crippen molar-refractivity contribution < 1.29 is 4.39 Å². The van der Waals surface area contributed by atoms with Crippen LogP contribution >= 0.6 is 15.9 Å². The third kappa shape index (κ3) is 2.38. The number of nitrogens with zero attached hydrogens (tertiary/aromatic N) is 1. The van der Waals surface area contributed by atoms with Crippen LogP contribution in [0.1, 0.15) is 5.56 Å². The van der Waals surface area contributed by atoms with E-state index in [1.807, 2.05) is 31.2 Å². The summed E-state index contributed by atoms with van der Waals surface area (Å²) in [5, 5.41) is 1.08. The van der Waals surface area contributed by atoms with Crippen LogP contribution in [0.25, 0.3) is 22.2 Å². The highest BCUT2D eigenvalue weighted by atomic mass is 79.9. The number of rotatable bonds is 1. The normalized spacial score (nSPS) is 10.9. The summed E-state index contributed by atoms with van der Waals surface area (Å²) < 4.78 is 14.3. The van der Waals surface area contributed by atoms with Gasteiger partial charge in [-0.2, -0.15) is 0 Å². The molecule has 3 rings (SSSR count). The maximum atomic E-state index is 13.3. The Balaban J connectivity index is 2.24. The van der Waals surface area contributed by atoms with Crippen LogP contribution in [-0.4, -0.2) is 4.98 Å². The fourth-order valence-corrected chi connectivity index (χ4v) is 2.56. The Labute approximate surface area is 119 Å². The third-order valence-corrected chi connectivity index (χ3v) is 3.56. The van der Waals surface area contributed by atoms with Crippen molar-refractivity contribution >= 4 is 26.8 Å². The number of hydrogen-bond acceptors (Lipinski definition) is 1. The molecule has 1 aromatic heterocycles. The van der Waals surface area contributed by atoms with E-state index in [1.165, 1.54) is 12.1 Å². The number of pyridine rings is 1. The van der Waals surface area contributed by atoms with Gasteiger partial charge in [0.2, 0.25) is 0 Å². The maximum absolute atomic E-state index is 13.3. The first-order valence-corrected chi connectivity index (χ1v) is 6.75. The van der Waals surface area contributed by atoms with Crippen molar-refractivity contribution in [1.29, 1.82) is 0 Å². The lowest BCUT2D eigenvalue weighted by molar-refractivity contribution is 0.628. The predicted molar refractivity (Wildman–Crippen MR) is 79.6 cm³/mol. The molecule has 0 aliphatic heterocycles. The fourth-order valence-electron chi connectivity index (χ4n) is 2.18. The lowest BCUT2D eigenvalue weighted by Crippen LogP contribution is -1.90. The second kappa shape index (κ2) is 4.74. The van der Waals surface area contributed by atoms with Crippen LogP contribution in [0, 0.1) is 12.7 Å². The lowest BCUT2D eigenvalue weighted by atomic mass is 10.0. The van der Waals surface area contributed by atoms with Gasteiger partial charge in [-0.1, -0.05) is 28.1 Å². The molecule has 19 heavy (non-hydrogen) atoms. The molecule has 3 aromatic rings. The van der Waals surface area contributed by atoms with E-state index in [0.29, 0.717) is 0 Å². The number of hydrogen-bond donors (Lipinski definition) is 0. The largest absolute Gasteiger partial charge is 0.248 e. The van der Waals surface area contributed by atoms with E-state index >= 15 is 0 Å². The molecule has 0 saturated carbocycles. The van der Waals surface area contributed by atoms with Crippen LogP contribution < -0.4 is 0 Å². The lowest BCUT2D eigenvalue weighted by Gasteiger charge is -2.08. The zero-order chi connectivity index (χ0) is 13.4. The van der Waals surface area contributed by atoms with Gasteiger partial charge in [-0.05, 0) is 48.9 Å². The minimum atomic E-state index is -0.241. The third-order valence-electron chi connectivity index (χ3n) is 3.07. The van der Waals surface area contributed by atoms with E-state index in [9.17, 15) is 4.39 Å². The van der Waals surface area contributed by atoms with E-state index in [2.05, 4.69) is 27.0 Å². The zero-order valence-corrected chi connectivity index (χ0v) is 11.9. The minimum absolute atomic E-state index is 0.241. The van der Waals surface area contributed by atoms with Gasteiger partial charge < -0.3 is 0 Å². The molecular weight excluding hydrogens is 305 g/mol. The molecule has 1 nitrogen and oxygen atoms in total. The molecule has 0 aliphatic rings. The van der Waals surface area contributed by atoms with Gasteiger partial charge in [-0.15, -0.1) is 0 Å². The van der Waals surface area contributed by atoms with Crippen LogP contribution in [-0.2, 0) is 0 Å². The van der Waals surface area contributed by atoms with Gasteiger partial charge in [0, 0.05) is 15.4 Å². The smallest absolute Gasteiger partial charge is 0.123 e. The highest BCUT2D eigenvalue weighted by Gasteiger charge is 2.07. The molecule has 2 aromatic carbocycles. The molecule has 94 valence electrons. The number of fused-ring (bicyclic) bond motifs is 1. The van der Waals surface area contributed by atoms with Crippen molar-refractivity contribution in [1.82, 2.24) is 4.98 Å². The van der Waals surface area contributed by atoms with Crippen molar-refractivity contribution in [2.75, 3.05) is 0 Å². The highest BCUT2D eigenvalue weighted by Crippen LogP contribution is 2.27. The Bertz CT molecular complexity index is 768. The van der Waals surface area contributed by atoms with Crippen molar-refractivity contribution in [3.05, 3.63) is 64.4 Å². The first-order valence-electron chi connectivity index (χ1n) is 5.96. The van der Waals surface area contributed by atoms with Crippen LogP contribution in [0.15, 0.2) is 53.0 Å². The van der Waals surface area contributed by atoms with Gasteiger partial charge in [0.05, 0.1) is 11.2 Å². The molecule has 0 radical (unpaired) electrons. The Kier molecular flexibility index (Phi) is 3.07. The van der Waals surface area contributed by atoms with Crippen LogP contribution in [0.2, 0.25) is 0 Å². The first-order chi connectivity index (χ1) is 9.13. The van der Waals surface area contributed by atoms with Crippen molar-refractivity contribution in [2.24, 2.45) is 0 Å². The van der Waals surface area contributed by atoms with Crippen LogP contribution in [0.5, 0.6) is 0 Å². The van der Waals surface area contributed by atoms with Crippen LogP contribution in [0.4, 0.5) is 4.39 Å². The van der Waals surface area contributed by atoms with E-state index in [1.54, 1.807) is 6.07 Å². The minimum Gasteiger partial charge on any atom is -0.248 e. The summed E-state index contributed by atoms with van der Waals surface area (Å²) in [7, 11) is 0. The monoisotopic (exact) mass is 315 g/mol. The molecule has 0 amide bonds. The van der Waals surface area contributed by atoms with E-state index < -0.39 is 0 Å². The van der Waals surface area contributed by atoms with Gasteiger partial charge >= 0.3 is 0 Å². The van der Waals surface area contributed by atoms with E-state index in [0.717, 1.165) is 32.2 Å². The molecule has 1 heterocycles. The summed E-state index contributed by atoms with van der Waals surface area (Å²) in [6.45, 7) is 1.99. The van der Waals surface area contributed by atoms with Crippen LogP contribution in [0.3, 0.4) is 0 Å². The Morgan fingerprint density at radius 1 is 1.05 bits per heavy atom. The fraction of sp³-hybridized carbons (Fsp3) is 0.0625. The number of aryl methyl sites for hydroxylation is 1. The first kappa shape index (κ1) is 12.3. The molecule has 0 unspecified atom stereocenters. The Morgan fingerprint density at radius 3 is 2.68 bits per heavy atom. The summed E-state index contributed by atoms with van der Waals surface area (Å²) >= 11 is 3.45. The quantitative estimate of drug-likeness (QED) is 0.608. The van der Waals surface area contributed by atoms with Gasteiger partial charge in [-0.25, -0.2) is 9.37 Å².